The van der Waals surface area contributed by atoms with Crippen molar-refractivity contribution in [2.45, 2.75) is 57.2 Å². The summed E-state index contributed by atoms with van der Waals surface area (Å²) in [5, 5.41) is 10.8. The highest BCUT2D eigenvalue weighted by atomic mass is 16.5. The average Bonchev–Trinajstić information content (AvgIpc) is 3.25. The van der Waals surface area contributed by atoms with E-state index in [1.54, 1.807) is 0 Å². The molecular weight excluding hydrogens is 292 g/mol. The third kappa shape index (κ3) is 2.90. The van der Waals surface area contributed by atoms with Crippen LogP contribution >= 0.6 is 0 Å². The molecule has 1 amide bonds. The van der Waals surface area contributed by atoms with E-state index in [1.165, 1.54) is 11.3 Å². The molecule has 3 aliphatic heterocycles. The van der Waals surface area contributed by atoms with E-state index in [-0.39, 0.29) is 5.92 Å². The smallest absolute Gasteiger partial charge is 0.226 e. The van der Waals surface area contributed by atoms with Crippen molar-refractivity contribution in [3.63, 3.8) is 0 Å². The van der Waals surface area contributed by atoms with Gasteiger partial charge in [0.2, 0.25) is 5.91 Å². The van der Waals surface area contributed by atoms with E-state index in [1.807, 2.05) is 11.1 Å². The number of hydrogen-bond acceptors (Lipinski definition) is 4. The Morgan fingerprint density at radius 2 is 2.35 bits per heavy atom. The largest absolute Gasteiger partial charge is 0.377 e. The molecule has 4 rings (SSSR count). The van der Waals surface area contributed by atoms with Crippen LogP contribution in [0.2, 0.25) is 0 Å². The predicted octanol–water partition coefficient (Wildman–Crippen LogP) is 1.40. The maximum absolute atomic E-state index is 13.0. The number of ether oxygens (including phenoxy) is 1. The number of carbonyl (C=O) groups excluding carboxylic acids is 1. The molecule has 4 atom stereocenters. The average molecular weight is 318 g/mol. The van der Waals surface area contributed by atoms with Crippen LogP contribution in [0.3, 0.4) is 0 Å². The third-order valence-corrected chi connectivity index (χ3v) is 5.61. The highest BCUT2D eigenvalue weighted by Crippen LogP contribution is 2.30. The summed E-state index contributed by atoms with van der Waals surface area (Å²) in [5.41, 5.74) is 2.36. The van der Waals surface area contributed by atoms with Gasteiger partial charge in [-0.3, -0.25) is 9.89 Å². The number of hydrogen-bond donors (Lipinski definition) is 2. The summed E-state index contributed by atoms with van der Waals surface area (Å²) in [6, 6.07) is 0.340. The van der Waals surface area contributed by atoms with Crippen molar-refractivity contribution < 1.29 is 9.53 Å². The zero-order valence-corrected chi connectivity index (χ0v) is 13.8. The summed E-state index contributed by atoms with van der Waals surface area (Å²) in [6.45, 7) is 5.44. The minimum atomic E-state index is 0.131. The molecule has 1 aromatic heterocycles. The molecule has 2 saturated heterocycles. The summed E-state index contributed by atoms with van der Waals surface area (Å²) in [6.07, 6.45) is 6.28. The second-order valence-corrected chi connectivity index (χ2v) is 7.26. The maximum atomic E-state index is 13.0. The van der Waals surface area contributed by atoms with E-state index in [2.05, 4.69) is 22.4 Å². The second kappa shape index (κ2) is 6.24. The van der Waals surface area contributed by atoms with Gasteiger partial charge >= 0.3 is 0 Å². The molecule has 6 heteroatoms. The number of fused-ring (bicyclic) bond motifs is 1. The Balaban J connectivity index is 1.42. The van der Waals surface area contributed by atoms with E-state index in [0.717, 1.165) is 45.4 Å². The van der Waals surface area contributed by atoms with E-state index >= 15 is 0 Å². The summed E-state index contributed by atoms with van der Waals surface area (Å²) < 4.78 is 5.82. The van der Waals surface area contributed by atoms with Crippen molar-refractivity contribution in [1.29, 1.82) is 0 Å². The van der Waals surface area contributed by atoms with E-state index in [0.29, 0.717) is 30.5 Å². The lowest BCUT2D eigenvalue weighted by Gasteiger charge is -2.37. The van der Waals surface area contributed by atoms with Gasteiger partial charge in [-0.2, -0.15) is 5.10 Å². The topological polar surface area (TPSA) is 70.2 Å². The first-order chi connectivity index (χ1) is 11.2. The Morgan fingerprint density at radius 1 is 1.43 bits per heavy atom. The molecule has 0 aromatic carbocycles. The van der Waals surface area contributed by atoms with Crippen LogP contribution in [0.1, 0.15) is 49.8 Å². The monoisotopic (exact) mass is 318 g/mol. The summed E-state index contributed by atoms with van der Waals surface area (Å²) in [4.78, 5) is 15.1. The standard InChI is InChI=1S/C17H26N4O2/c1-11-9-21(10-13-8-19-20-16(11)13)17(22)12-4-5-18-14(7-12)15-3-2-6-23-15/h8,11-12,14-15,18H,2-7,9-10H2,1H3,(H,19,20). The van der Waals surface area contributed by atoms with Gasteiger partial charge in [0, 0.05) is 48.8 Å². The van der Waals surface area contributed by atoms with Crippen LogP contribution in [0.4, 0.5) is 0 Å². The van der Waals surface area contributed by atoms with Crippen molar-refractivity contribution >= 4 is 5.91 Å². The second-order valence-electron chi connectivity index (χ2n) is 7.26. The van der Waals surface area contributed by atoms with Crippen molar-refractivity contribution in [3.8, 4) is 0 Å². The molecule has 0 saturated carbocycles. The molecule has 0 aliphatic carbocycles. The summed E-state index contributed by atoms with van der Waals surface area (Å²) >= 11 is 0. The molecule has 4 unspecified atom stereocenters. The number of carbonyl (C=O) groups is 1. The Morgan fingerprint density at radius 3 is 3.17 bits per heavy atom. The highest BCUT2D eigenvalue weighted by Gasteiger charge is 2.37. The van der Waals surface area contributed by atoms with Crippen LogP contribution in [0.5, 0.6) is 0 Å². The van der Waals surface area contributed by atoms with Crippen molar-refractivity contribution in [2.75, 3.05) is 19.7 Å². The van der Waals surface area contributed by atoms with Gasteiger partial charge in [-0.05, 0) is 32.2 Å². The van der Waals surface area contributed by atoms with E-state index in [9.17, 15) is 4.79 Å². The molecule has 6 nitrogen and oxygen atoms in total. The predicted molar refractivity (Wildman–Crippen MR) is 85.9 cm³/mol. The third-order valence-electron chi connectivity index (χ3n) is 5.61. The maximum Gasteiger partial charge on any atom is 0.226 e. The van der Waals surface area contributed by atoms with Crippen molar-refractivity contribution in [1.82, 2.24) is 20.4 Å². The highest BCUT2D eigenvalue weighted by molar-refractivity contribution is 5.79. The first-order valence-electron chi connectivity index (χ1n) is 8.88. The first-order valence-corrected chi connectivity index (χ1v) is 8.88. The van der Waals surface area contributed by atoms with Crippen LogP contribution in [-0.4, -0.2) is 52.8 Å². The molecule has 126 valence electrons. The number of rotatable bonds is 2. The Hall–Kier alpha value is -1.40. The zero-order chi connectivity index (χ0) is 15.8. The van der Waals surface area contributed by atoms with Gasteiger partial charge in [0.15, 0.2) is 0 Å². The van der Waals surface area contributed by atoms with Crippen molar-refractivity contribution in [2.24, 2.45) is 5.92 Å². The van der Waals surface area contributed by atoms with Crippen LogP contribution in [0, 0.1) is 5.92 Å². The van der Waals surface area contributed by atoms with Gasteiger partial charge in [0.1, 0.15) is 0 Å². The minimum absolute atomic E-state index is 0.131. The molecule has 0 radical (unpaired) electrons. The SMILES string of the molecule is CC1CN(C(=O)C2CCNC(C3CCCO3)C2)Cc2cn[nH]c21. The lowest BCUT2D eigenvalue weighted by atomic mass is 9.87. The summed E-state index contributed by atoms with van der Waals surface area (Å²) in [7, 11) is 0. The lowest BCUT2D eigenvalue weighted by molar-refractivity contribution is -0.138. The minimum Gasteiger partial charge on any atom is -0.377 e. The molecule has 2 fully saturated rings. The van der Waals surface area contributed by atoms with Gasteiger partial charge in [0.25, 0.3) is 0 Å². The van der Waals surface area contributed by atoms with Crippen LogP contribution in [-0.2, 0) is 16.1 Å². The normalized spacial score (nSPS) is 34.4. The molecular formula is C17H26N4O2. The number of nitrogens with one attached hydrogen (secondary N) is 2. The molecule has 0 spiro atoms. The lowest BCUT2D eigenvalue weighted by Crippen LogP contribution is -2.50. The molecule has 23 heavy (non-hydrogen) atoms. The van der Waals surface area contributed by atoms with Gasteiger partial charge in [0.05, 0.1) is 12.3 Å². The van der Waals surface area contributed by atoms with Crippen molar-refractivity contribution in [3.05, 3.63) is 17.5 Å². The molecule has 4 heterocycles. The van der Waals surface area contributed by atoms with E-state index < -0.39 is 0 Å². The number of piperidine rings is 1. The number of nitrogens with zero attached hydrogens (tertiary/aromatic N) is 2. The molecule has 0 bridgehead atoms. The summed E-state index contributed by atoms with van der Waals surface area (Å²) in [5.74, 6) is 0.778. The van der Waals surface area contributed by atoms with Gasteiger partial charge in [-0.1, -0.05) is 6.92 Å². The van der Waals surface area contributed by atoms with Gasteiger partial charge in [-0.25, -0.2) is 0 Å². The number of amides is 1. The number of aromatic nitrogens is 2. The van der Waals surface area contributed by atoms with Crippen LogP contribution in [0.25, 0.3) is 0 Å². The Labute approximate surface area is 137 Å². The fraction of sp³-hybridized carbons (Fsp3) is 0.765. The van der Waals surface area contributed by atoms with Crippen LogP contribution in [0.15, 0.2) is 6.20 Å². The molecule has 1 aromatic rings. The molecule has 3 aliphatic rings. The Bertz CT molecular complexity index is 567. The van der Waals surface area contributed by atoms with Gasteiger partial charge < -0.3 is 15.0 Å². The van der Waals surface area contributed by atoms with Crippen LogP contribution < -0.4 is 5.32 Å². The first kappa shape index (κ1) is 15.1. The molecule has 2 N–H and O–H groups in total. The number of H-pyrrole nitrogens is 1. The fourth-order valence-electron chi connectivity index (χ4n) is 4.37. The number of aromatic amines is 1. The fourth-order valence-corrected chi connectivity index (χ4v) is 4.37. The van der Waals surface area contributed by atoms with E-state index in [4.69, 9.17) is 4.74 Å². The quantitative estimate of drug-likeness (QED) is 0.865. The Kier molecular flexibility index (Phi) is 4.11. The van der Waals surface area contributed by atoms with Gasteiger partial charge in [-0.15, -0.1) is 0 Å². The zero-order valence-electron chi connectivity index (χ0n) is 13.8.